The van der Waals surface area contributed by atoms with Gasteiger partial charge in [0, 0.05) is 17.1 Å². The quantitative estimate of drug-likeness (QED) is 0.166. The molecule has 0 radical (unpaired) electrons. The second-order valence-corrected chi connectivity index (χ2v) is 13.0. The van der Waals surface area contributed by atoms with E-state index in [-0.39, 0.29) is 0 Å². The number of hydrogen-bond donors (Lipinski definition) is 0. The van der Waals surface area contributed by atoms with Gasteiger partial charge < -0.3 is 4.90 Å². The summed E-state index contributed by atoms with van der Waals surface area (Å²) in [5.74, 6) is 0. The van der Waals surface area contributed by atoms with Crippen molar-refractivity contribution < 1.29 is 0 Å². The number of rotatable bonds is 7. The summed E-state index contributed by atoms with van der Waals surface area (Å²) < 4.78 is 0. The summed E-state index contributed by atoms with van der Waals surface area (Å²) in [6, 6.07) is 76.6. The topological polar surface area (TPSA) is 3.24 Å². The molecule has 9 aromatic carbocycles. The lowest BCUT2D eigenvalue weighted by atomic mass is 9.90. The summed E-state index contributed by atoms with van der Waals surface area (Å²) in [5.41, 5.74) is 13.0. The van der Waals surface area contributed by atoms with Gasteiger partial charge in [-0.3, -0.25) is 0 Å². The van der Waals surface area contributed by atoms with Gasteiger partial charge >= 0.3 is 0 Å². The normalized spacial score (nSPS) is 11.1. The number of anilines is 3. The molecule has 51 heavy (non-hydrogen) atoms. The molecule has 0 aliphatic carbocycles. The van der Waals surface area contributed by atoms with Crippen LogP contribution in [0.3, 0.4) is 0 Å². The highest BCUT2D eigenvalue weighted by Gasteiger charge is 2.15. The van der Waals surface area contributed by atoms with Gasteiger partial charge in [-0.05, 0) is 121 Å². The van der Waals surface area contributed by atoms with Crippen LogP contribution in [-0.4, -0.2) is 0 Å². The summed E-state index contributed by atoms with van der Waals surface area (Å²) in [6.45, 7) is 0. The first kappa shape index (κ1) is 30.4. The molecule has 240 valence electrons. The first-order chi connectivity index (χ1) is 25.3. The fourth-order valence-corrected chi connectivity index (χ4v) is 7.19. The van der Waals surface area contributed by atoms with Gasteiger partial charge in [0.05, 0.1) is 0 Å². The van der Waals surface area contributed by atoms with Crippen molar-refractivity contribution in [3.63, 3.8) is 0 Å². The fourth-order valence-electron chi connectivity index (χ4n) is 7.19. The van der Waals surface area contributed by atoms with Crippen LogP contribution in [0.5, 0.6) is 0 Å². The molecule has 1 nitrogen and oxygen atoms in total. The largest absolute Gasteiger partial charge is 0.311 e. The monoisotopic (exact) mass is 649 g/mol. The number of para-hydroxylation sites is 1. The summed E-state index contributed by atoms with van der Waals surface area (Å²) in [5, 5.41) is 5.02. The predicted molar refractivity (Wildman–Crippen MR) is 218 cm³/mol. The Morgan fingerprint density at radius 3 is 1.22 bits per heavy atom. The van der Waals surface area contributed by atoms with Gasteiger partial charge in [-0.2, -0.15) is 0 Å². The Morgan fingerprint density at radius 1 is 0.216 bits per heavy atom. The van der Waals surface area contributed by atoms with Crippen molar-refractivity contribution in [3.05, 3.63) is 212 Å². The van der Waals surface area contributed by atoms with E-state index >= 15 is 0 Å². The molecule has 0 N–H and O–H groups in total. The molecule has 0 fully saturated rings. The molecule has 0 heterocycles. The summed E-state index contributed by atoms with van der Waals surface area (Å²) in [7, 11) is 0. The standard InChI is InChI=1S/C50H35N/c1-3-13-40(14-4-1)50-35-44(27-32-49(50)45-22-20-37-12-8-10-16-42(37)34-45)39-25-30-48(31-26-39)51(46-17-5-2-6-18-46)47-28-23-38(24-29-47)43-21-19-36-11-7-9-15-41(36)33-43/h1-35H. The van der Waals surface area contributed by atoms with E-state index in [0.717, 1.165) is 17.1 Å². The summed E-state index contributed by atoms with van der Waals surface area (Å²) >= 11 is 0. The molecular weight excluding hydrogens is 615 g/mol. The van der Waals surface area contributed by atoms with Crippen LogP contribution in [0.25, 0.3) is 66.1 Å². The van der Waals surface area contributed by atoms with E-state index in [1.165, 1.54) is 66.1 Å². The summed E-state index contributed by atoms with van der Waals surface area (Å²) in [6.07, 6.45) is 0. The van der Waals surface area contributed by atoms with Crippen molar-refractivity contribution >= 4 is 38.6 Å². The van der Waals surface area contributed by atoms with Gasteiger partial charge in [-0.1, -0.05) is 158 Å². The molecule has 0 aliphatic heterocycles. The smallest absolute Gasteiger partial charge is 0.0462 e. The Labute approximate surface area is 299 Å². The minimum absolute atomic E-state index is 1.11. The second-order valence-electron chi connectivity index (χ2n) is 13.0. The van der Waals surface area contributed by atoms with Crippen LogP contribution in [0.4, 0.5) is 17.1 Å². The van der Waals surface area contributed by atoms with Crippen LogP contribution in [0, 0.1) is 0 Å². The Morgan fingerprint density at radius 2 is 0.627 bits per heavy atom. The third-order valence-corrected chi connectivity index (χ3v) is 9.85. The Bertz CT molecular complexity index is 2600. The highest BCUT2D eigenvalue weighted by atomic mass is 15.1. The van der Waals surface area contributed by atoms with Crippen molar-refractivity contribution in [2.45, 2.75) is 0 Å². The van der Waals surface area contributed by atoms with Gasteiger partial charge in [-0.15, -0.1) is 0 Å². The fraction of sp³-hybridized carbons (Fsp3) is 0. The van der Waals surface area contributed by atoms with Crippen LogP contribution >= 0.6 is 0 Å². The Kier molecular flexibility index (Phi) is 7.92. The van der Waals surface area contributed by atoms with E-state index in [1.54, 1.807) is 0 Å². The third kappa shape index (κ3) is 6.07. The van der Waals surface area contributed by atoms with Crippen molar-refractivity contribution in [2.75, 3.05) is 4.90 Å². The first-order valence-electron chi connectivity index (χ1n) is 17.5. The average molecular weight is 650 g/mol. The minimum atomic E-state index is 1.11. The Balaban J connectivity index is 1.07. The van der Waals surface area contributed by atoms with Gasteiger partial charge in [0.15, 0.2) is 0 Å². The van der Waals surface area contributed by atoms with Crippen LogP contribution in [0.2, 0.25) is 0 Å². The molecule has 0 spiro atoms. The summed E-state index contributed by atoms with van der Waals surface area (Å²) in [4.78, 5) is 2.33. The van der Waals surface area contributed by atoms with Gasteiger partial charge in [-0.25, -0.2) is 0 Å². The van der Waals surface area contributed by atoms with E-state index in [9.17, 15) is 0 Å². The molecule has 0 aliphatic rings. The molecule has 9 aromatic rings. The van der Waals surface area contributed by atoms with Gasteiger partial charge in [0.25, 0.3) is 0 Å². The third-order valence-electron chi connectivity index (χ3n) is 9.85. The van der Waals surface area contributed by atoms with E-state index < -0.39 is 0 Å². The Hall–Kier alpha value is -6.70. The number of fused-ring (bicyclic) bond motifs is 2. The number of nitrogens with zero attached hydrogens (tertiary/aromatic N) is 1. The van der Waals surface area contributed by atoms with Gasteiger partial charge in [0.2, 0.25) is 0 Å². The van der Waals surface area contributed by atoms with E-state index in [2.05, 4.69) is 217 Å². The molecular formula is C50H35N. The zero-order valence-electron chi connectivity index (χ0n) is 28.2. The predicted octanol–water partition coefficient (Wildman–Crippen LogP) is 14.1. The maximum Gasteiger partial charge on any atom is 0.0462 e. The second kappa shape index (κ2) is 13.3. The molecule has 0 aromatic heterocycles. The maximum absolute atomic E-state index is 2.34. The van der Waals surface area contributed by atoms with E-state index in [4.69, 9.17) is 0 Å². The van der Waals surface area contributed by atoms with Crippen molar-refractivity contribution in [1.82, 2.24) is 0 Å². The molecule has 9 rings (SSSR count). The van der Waals surface area contributed by atoms with Crippen LogP contribution < -0.4 is 4.90 Å². The number of benzene rings is 9. The van der Waals surface area contributed by atoms with Gasteiger partial charge in [0.1, 0.15) is 0 Å². The molecule has 0 bridgehead atoms. The minimum Gasteiger partial charge on any atom is -0.311 e. The van der Waals surface area contributed by atoms with E-state index in [0.29, 0.717) is 0 Å². The van der Waals surface area contributed by atoms with Crippen LogP contribution in [0.1, 0.15) is 0 Å². The van der Waals surface area contributed by atoms with Crippen LogP contribution in [0.15, 0.2) is 212 Å². The molecule has 1 heteroatoms. The zero-order valence-corrected chi connectivity index (χ0v) is 28.2. The van der Waals surface area contributed by atoms with Crippen molar-refractivity contribution in [1.29, 1.82) is 0 Å². The SMILES string of the molecule is c1ccc(-c2cc(-c3ccc(N(c4ccccc4)c4ccc(-c5ccc6ccccc6c5)cc4)cc3)ccc2-c2ccc3ccccc3c2)cc1. The zero-order chi connectivity index (χ0) is 34.0. The van der Waals surface area contributed by atoms with Crippen LogP contribution in [-0.2, 0) is 0 Å². The highest BCUT2D eigenvalue weighted by molar-refractivity contribution is 5.93. The number of hydrogen-bond acceptors (Lipinski definition) is 1. The lowest BCUT2D eigenvalue weighted by Gasteiger charge is -2.26. The molecule has 0 amide bonds. The van der Waals surface area contributed by atoms with Crippen molar-refractivity contribution in [3.8, 4) is 44.5 Å². The van der Waals surface area contributed by atoms with E-state index in [1.807, 2.05) is 0 Å². The molecule has 0 saturated heterocycles. The van der Waals surface area contributed by atoms with Crippen molar-refractivity contribution in [2.24, 2.45) is 0 Å². The average Bonchev–Trinajstić information content (AvgIpc) is 3.21. The first-order valence-corrected chi connectivity index (χ1v) is 17.5. The maximum atomic E-state index is 2.34. The molecule has 0 saturated carbocycles. The lowest BCUT2D eigenvalue weighted by Crippen LogP contribution is -2.09. The molecule has 0 atom stereocenters. The molecule has 0 unspecified atom stereocenters. The lowest BCUT2D eigenvalue weighted by molar-refractivity contribution is 1.28. The highest BCUT2D eigenvalue weighted by Crippen LogP contribution is 2.39.